The van der Waals surface area contributed by atoms with Crippen molar-refractivity contribution in [1.82, 2.24) is 20.3 Å². The zero-order valence-corrected chi connectivity index (χ0v) is 14.0. The third-order valence-corrected chi connectivity index (χ3v) is 4.00. The molecule has 0 aliphatic carbocycles. The summed E-state index contributed by atoms with van der Waals surface area (Å²) >= 11 is 0. The largest absolute Gasteiger partial charge is 0.439 e. The van der Waals surface area contributed by atoms with Crippen molar-refractivity contribution < 1.29 is 13.9 Å². The molecule has 1 aliphatic heterocycles. The number of nitrogens with one attached hydrogen (secondary N) is 1. The van der Waals surface area contributed by atoms with Crippen molar-refractivity contribution in [1.29, 1.82) is 0 Å². The molecule has 7 heteroatoms. The fraction of sp³-hybridized carbons (Fsp3) is 0.100. The highest BCUT2D eigenvalue weighted by Gasteiger charge is 2.36. The molecule has 132 valence electrons. The Kier molecular flexibility index (Phi) is 4.45. The average molecular weight is 360 g/mol. The Morgan fingerprint density at radius 1 is 1.04 bits per heavy atom. The number of carbonyl (C=O) groups excluding carboxylic acids is 1. The summed E-state index contributed by atoms with van der Waals surface area (Å²) in [6, 6.07) is 7.30. The Balaban J connectivity index is 1.64. The highest BCUT2D eigenvalue weighted by Crippen LogP contribution is 2.36. The molecule has 6 nitrogen and oxygen atoms in total. The van der Waals surface area contributed by atoms with Crippen molar-refractivity contribution in [2.24, 2.45) is 0 Å². The van der Waals surface area contributed by atoms with E-state index in [1.165, 1.54) is 12.1 Å². The van der Waals surface area contributed by atoms with Gasteiger partial charge in [-0.15, -0.1) is 0 Å². The highest BCUT2D eigenvalue weighted by atomic mass is 19.1. The van der Waals surface area contributed by atoms with Gasteiger partial charge >= 0.3 is 6.09 Å². The summed E-state index contributed by atoms with van der Waals surface area (Å²) in [5.41, 5.74) is 2.46. The smallest absolute Gasteiger partial charge is 0.408 e. The van der Waals surface area contributed by atoms with Crippen LogP contribution in [-0.4, -0.2) is 21.0 Å². The Hall–Kier alpha value is -3.79. The SMILES string of the molecule is O=C1N[C@H](c2cncc(C#Cc3cnccn3)c2)[C@@H](c2cccc(F)c2)O1. The van der Waals surface area contributed by atoms with E-state index in [1.54, 1.807) is 43.1 Å². The van der Waals surface area contributed by atoms with E-state index in [4.69, 9.17) is 4.74 Å². The molecule has 0 bridgehead atoms. The number of halogens is 1. The van der Waals surface area contributed by atoms with Gasteiger partial charge in [0.2, 0.25) is 0 Å². The molecule has 1 aromatic carbocycles. The second-order valence-electron chi connectivity index (χ2n) is 5.85. The maximum absolute atomic E-state index is 13.6. The Labute approximate surface area is 154 Å². The van der Waals surface area contributed by atoms with Gasteiger partial charge in [-0.25, -0.2) is 14.2 Å². The number of hydrogen-bond donors (Lipinski definition) is 1. The fourth-order valence-electron chi connectivity index (χ4n) is 2.82. The van der Waals surface area contributed by atoms with Crippen molar-refractivity contribution in [3.63, 3.8) is 0 Å². The van der Waals surface area contributed by atoms with E-state index in [0.29, 0.717) is 22.4 Å². The number of rotatable bonds is 2. The molecule has 0 radical (unpaired) electrons. The number of carbonyl (C=O) groups is 1. The number of hydrogen-bond acceptors (Lipinski definition) is 5. The van der Waals surface area contributed by atoms with Crippen LogP contribution < -0.4 is 5.32 Å². The predicted octanol–water partition coefficient (Wildman–Crippen LogP) is 2.93. The lowest BCUT2D eigenvalue weighted by Gasteiger charge is -2.17. The Bertz CT molecular complexity index is 1050. The number of aromatic nitrogens is 3. The number of nitrogens with zero attached hydrogens (tertiary/aromatic N) is 3. The van der Waals surface area contributed by atoms with Crippen molar-refractivity contribution in [2.75, 3.05) is 0 Å². The number of cyclic esters (lactones) is 1. The molecule has 0 spiro atoms. The highest BCUT2D eigenvalue weighted by molar-refractivity contribution is 5.71. The van der Waals surface area contributed by atoms with Crippen LogP contribution in [0.5, 0.6) is 0 Å². The maximum atomic E-state index is 13.6. The lowest BCUT2D eigenvalue weighted by Crippen LogP contribution is -2.19. The summed E-state index contributed by atoms with van der Waals surface area (Å²) in [4.78, 5) is 24.0. The third kappa shape index (κ3) is 3.75. The van der Waals surface area contributed by atoms with Crippen LogP contribution in [0.15, 0.2) is 61.3 Å². The molecular weight excluding hydrogens is 347 g/mol. The molecule has 2 atom stereocenters. The van der Waals surface area contributed by atoms with Gasteiger partial charge < -0.3 is 10.1 Å². The summed E-state index contributed by atoms with van der Waals surface area (Å²) in [5.74, 6) is 5.48. The van der Waals surface area contributed by atoms with Gasteiger partial charge in [0.15, 0.2) is 6.10 Å². The van der Waals surface area contributed by atoms with E-state index in [-0.39, 0.29) is 0 Å². The normalized spacial score (nSPS) is 18.2. The standard InChI is InChI=1S/C20H13FN4O2/c21-16-3-1-2-14(9-16)19-18(25-20(26)27-19)15-8-13(10-23-11-15)4-5-17-12-22-6-7-24-17/h1-3,6-12,18-19H,(H,25,26)/t18-,19-/m1/s1. The van der Waals surface area contributed by atoms with Crippen LogP contribution in [0.2, 0.25) is 0 Å². The van der Waals surface area contributed by atoms with Gasteiger partial charge in [-0.3, -0.25) is 9.97 Å². The Morgan fingerprint density at radius 2 is 1.96 bits per heavy atom. The Morgan fingerprint density at radius 3 is 2.78 bits per heavy atom. The first-order valence-electron chi connectivity index (χ1n) is 8.14. The molecule has 3 aromatic rings. The van der Waals surface area contributed by atoms with Gasteiger partial charge in [-0.05, 0) is 35.2 Å². The minimum absolute atomic E-state index is 0.393. The predicted molar refractivity (Wildman–Crippen MR) is 93.7 cm³/mol. The minimum Gasteiger partial charge on any atom is -0.439 e. The van der Waals surface area contributed by atoms with Crippen molar-refractivity contribution in [3.8, 4) is 11.8 Å². The number of pyridine rings is 1. The molecule has 0 saturated carbocycles. The van der Waals surface area contributed by atoms with Crippen molar-refractivity contribution >= 4 is 6.09 Å². The van der Waals surface area contributed by atoms with Gasteiger partial charge in [0.05, 0.1) is 6.20 Å². The van der Waals surface area contributed by atoms with Crippen LogP contribution >= 0.6 is 0 Å². The van der Waals surface area contributed by atoms with Crippen LogP contribution in [-0.2, 0) is 4.74 Å². The van der Waals surface area contributed by atoms with Crippen LogP contribution in [0.1, 0.15) is 34.5 Å². The zero-order chi connectivity index (χ0) is 18.6. The van der Waals surface area contributed by atoms with Crippen LogP contribution in [0.3, 0.4) is 0 Å². The first-order chi connectivity index (χ1) is 13.2. The van der Waals surface area contributed by atoms with Gasteiger partial charge in [-0.2, -0.15) is 0 Å². The lowest BCUT2D eigenvalue weighted by molar-refractivity contribution is 0.132. The summed E-state index contributed by atoms with van der Waals surface area (Å²) < 4.78 is 18.9. The van der Waals surface area contributed by atoms with Gasteiger partial charge in [0.1, 0.15) is 17.6 Å². The maximum Gasteiger partial charge on any atom is 0.408 e. The number of amides is 1. The van der Waals surface area contributed by atoms with E-state index in [9.17, 15) is 9.18 Å². The van der Waals surface area contributed by atoms with E-state index < -0.39 is 24.1 Å². The molecule has 27 heavy (non-hydrogen) atoms. The van der Waals surface area contributed by atoms with Gasteiger partial charge in [0.25, 0.3) is 0 Å². The minimum atomic E-state index is -0.654. The fourth-order valence-corrected chi connectivity index (χ4v) is 2.82. The molecule has 1 aliphatic rings. The molecule has 0 unspecified atom stereocenters. The molecule has 3 heterocycles. The topological polar surface area (TPSA) is 77.0 Å². The first-order valence-corrected chi connectivity index (χ1v) is 8.14. The number of alkyl carbamates (subject to hydrolysis) is 1. The monoisotopic (exact) mass is 360 g/mol. The molecule has 1 amide bonds. The van der Waals surface area contributed by atoms with Crippen molar-refractivity contribution in [3.05, 3.63) is 89.5 Å². The second kappa shape index (κ2) is 7.22. The molecule has 1 saturated heterocycles. The van der Waals surface area contributed by atoms with Crippen LogP contribution in [0.4, 0.5) is 9.18 Å². The molecule has 4 rings (SSSR count). The van der Waals surface area contributed by atoms with Gasteiger partial charge in [-0.1, -0.05) is 18.1 Å². The lowest BCUT2D eigenvalue weighted by atomic mass is 9.97. The summed E-state index contributed by atoms with van der Waals surface area (Å²) in [5, 5.41) is 2.75. The summed E-state index contributed by atoms with van der Waals surface area (Å²) in [6.07, 6.45) is 6.72. The number of benzene rings is 1. The average Bonchev–Trinajstić information content (AvgIpc) is 3.09. The molecule has 2 aromatic heterocycles. The molecule has 1 fully saturated rings. The van der Waals surface area contributed by atoms with Crippen molar-refractivity contribution in [2.45, 2.75) is 12.1 Å². The molecular formula is C20H13FN4O2. The summed E-state index contributed by atoms with van der Waals surface area (Å²) in [6.45, 7) is 0. The third-order valence-electron chi connectivity index (χ3n) is 4.00. The van der Waals surface area contributed by atoms with E-state index in [1.807, 2.05) is 6.07 Å². The van der Waals surface area contributed by atoms with E-state index in [0.717, 1.165) is 0 Å². The first kappa shape index (κ1) is 16.7. The quantitative estimate of drug-likeness (QED) is 0.711. The van der Waals surface area contributed by atoms with E-state index in [2.05, 4.69) is 32.1 Å². The van der Waals surface area contributed by atoms with E-state index >= 15 is 0 Å². The second-order valence-corrected chi connectivity index (χ2v) is 5.85. The van der Waals surface area contributed by atoms with Crippen LogP contribution in [0, 0.1) is 17.7 Å². The van der Waals surface area contributed by atoms with Gasteiger partial charge in [0, 0.05) is 30.4 Å². The number of ether oxygens (including phenoxy) is 1. The van der Waals surface area contributed by atoms with Crippen LogP contribution in [0.25, 0.3) is 0 Å². The molecule has 1 N–H and O–H groups in total. The zero-order valence-electron chi connectivity index (χ0n) is 14.0. The summed E-state index contributed by atoms with van der Waals surface area (Å²) in [7, 11) is 0.